The van der Waals surface area contributed by atoms with Crippen molar-refractivity contribution in [3.8, 4) is 5.75 Å². The Morgan fingerprint density at radius 3 is 2.80 bits per heavy atom. The van der Waals surface area contributed by atoms with Gasteiger partial charge in [0.25, 0.3) is 5.91 Å². The van der Waals surface area contributed by atoms with E-state index < -0.39 is 0 Å². The molecule has 0 bridgehead atoms. The maximum atomic E-state index is 11.8. The summed E-state index contributed by atoms with van der Waals surface area (Å²) in [7, 11) is 1.55. The van der Waals surface area contributed by atoms with Crippen molar-refractivity contribution in [2.45, 2.75) is 12.8 Å². The normalized spacial score (nSPS) is 14.8. The predicted octanol–water partition coefficient (Wildman–Crippen LogP) is 0.790. The third-order valence-corrected chi connectivity index (χ3v) is 2.87. The molecule has 0 aromatic heterocycles. The molecule has 0 aliphatic carbocycles. The number of nitrogens with one attached hydrogen (secondary N) is 1. The third kappa shape index (κ3) is 3.81. The number of benzene rings is 1. The smallest absolute Gasteiger partial charge is 0.267 e. The fourth-order valence-electron chi connectivity index (χ4n) is 1.79. The summed E-state index contributed by atoms with van der Waals surface area (Å²) in [4.78, 5) is 23.1. The zero-order chi connectivity index (χ0) is 14.4. The highest BCUT2D eigenvalue weighted by Gasteiger charge is 2.21. The zero-order valence-corrected chi connectivity index (χ0v) is 11.3. The molecule has 0 atom stereocenters. The Hall–Kier alpha value is -2.37. The van der Waals surface area contributed by atoms with Crippen LogP contribution in [0.3, 0.4) is 0 Å². The van der Waals surface area contributed by atoms with E-state index in [9.17, 15) is 9.59 Å². The topological polar surface area (TPSA) is 71.0 Å². The van der Waals surface area contributed by atoms with E-state index in [2.05, 4.69) is 10.4 Å². The second-order valence-electron chi connectivity index (χ2n) is 4.38. The van der Waals surface area contributed by atoms with Gasteiger partial charge in [-0.05, 0) is 12.1 Å². The number of nitrogens with zero attached hydrogens (tertiary/aromatic N) is 2. The van der Waals surface area contributed by atoms with Crippen molar-refractivity contribution in [2.24, 2.45) is 5.10 Å². The molecule has 0 radical (unpaired) electrons. The molecule has 106 valence electrons. The van der Waals surface area contributed by atoms with Gasteiger partial charge in [0.15, 0.2) is 0 Å². The van der Waals surface area contributed by atoms with Gasteiger partial charge in [-0.3, -0.25) is 9.59 Å². The Kier molecular flexibility index (Phi) is 4.70. The summed E-state index contributed by atoms with van der Waals surface area (Å²) >= 11 is 0. The molecule has 1 aromatic rings. The second-order valence-corrected chi connectivity index (χ2v) is 4.38. The van der Waals surface area contributed by atoms with Crippen molar-refractivity contribution in [2.75, 3.05) is 20.2 Å². The molecule has 1 heterocycles. The van der Waals surface area contributed by atoms with Crippen LogP contribution in [0.25, 0.3) is 0 Å². The van der Waals surface area contributed by atoms with E-state index >= 15 is 0 Å². The van der Waals surface area contributed by atoms with E-state index in [-0.39, 0.29) is 11.8 Å². The van der Waals surface area contributed by atoms with Crippen LogP contribution in [-0.4, -0.2) is 42.7 Å². The number of amides is 2. The molecule has 0 unspecified atom stereocenters. The van der Waals surface area contributed by atoms with Crippen LogP contribution in [0, 0.1) is 0 Å². The molecule has 0 fully saturated rings. The van der Waals surface area contributed by atoms with Crippen LogP contribution in [0.4, 0.5) is 0 Å². The van der Waals surface area contributed by atoms with Gasteiger partial charge in [-0.1, -0.05) is 18.2 Å². The van der Waals surface area contributed by atoms with Gasteiger partial charge in [0.05, 0.1) is 6.54 Å². The van der Waals surface area contributed by atoms with Crippen LogP contribution < -0.4 is 10.1 Å². The molecule has 0 spiro atoms. The molecule has 2 amide bonds. The van der Waals surface area contributed by atoms with Gasteiger partial charge >= 0.3 is 0 Å². The minimum absolute atomic E-state index is 0.0750. The minimum atomic E-state index is -0.249. The van der Waals surface area contributed by atoms with Crippen LogP contribution in [0.15, 0.2) is 35.4 Å². The molecule has 6 nitrogen and oxygen atoms in total. The Balaban J connectivity index is 1.73. The molecule has 1 aromatic carbocycles. The van der Waals surface area contributed by atoms with E-state index in [1.165, 1.54) is 5.01 Å². The van der Waals surface area contributed by atoms with Crippen LogP contribution in [0.5, 0.6) is 5.75 Å². The van der Waals surface area contributed by atoms with E-state index in [0.29, 0.717) is 31.7 Å². The number of hydrazone groups is 1. The van der Waals surface area contributed by atoms with Crippen LogP contribution in [0.1, 0.15) is 12.8 Å². The van der Waals surface area contributed by atoms with E-state index in [0.717, 1.165) is 5.75 Å². The summed E-state index contributed by atoms with van der Waals surface area (Å²) in [6.07, 6.45) is 0.706. The molecular formula is C14H17N3O3. The summed E-state index contributed by atoms with van der Waals surface area (Å²) in [5, 5.41) is 7.88. The summed E-state index contributed by atoms with van der Waals surface area (Å²) < 4.78 is 5.46. The lowest BCUT2D eigenvalue weighted by atomic mass is 10.1. The molecule has 1 N–H and O–H groups in total. The van der Waals surface area contributed by atoms with E-state index in [1.807, 2.05) is 30.3 Å². The van der Waals surface area contributed by atoms with E-state index in [1.54, 1.807) is 7.05 Å². The molecule has 1 aliphatic heterocycles. The van der Waals surface area contributed by atoms with E-state index in [4.69, 9.17) is 4.74 Å². The highest BCUT2D eigenvalue weighted by molar-refractivity contribution is 6.39. The molecule has 20 heavy (non-hydrogen) atoms. The van der Waals surface area contributed by atoms with Gasteiger partial charge in [-0.2, -0.15) is 5.10 Å². The number of rotatable bonds is 5. The van der Waals surface area contributed by atoms with Crippen molar-refractivity contribution in [3.63, 3.8) is 0 Å². The van der Waals surface area contributed by atoms with Crippen LogP contribution in [0.2, 0.25) is 0 Å². The van der Waals surface area contributed by atoms with Gasteiger partial charge in [0, 0.05) is 19.9 Å². The summed E-state index contributed by atoms with van der Waals surface area (Å²) in [5.74, 6) is 0.442. The predicted molar refractivity (Wildman–Crippen MR) is 74.4 cm³/mol. The highest BCUT2D eigenvalue weighted by Crippen LogP contribution is 2.08. The Labute approximate surface area is 117 Å². The molecule has 1 aliphatic rings. The first-order valence-corrected chi connectivity index (χ1v) is 6.47. The fourth-order valence-corrected chi connectivity index (χ4v) is 1.79. The lowest BCUT2D eigenvalue weighted by Gasteiger charge is -2.18. The van der Waals surface area contributed by atoms with Gasteiger partial charge in [0.2, 0.25) is 5.91 Å². The summed E-state index contributed by atoms with van der Waals surface area (Å²) in [5.41, 5.74) is 0.381. The first kappa shape index (κ1) is 14.0. The SMILES string of the molecule is CN1N=C(C(=O)NCCOc2ccccc2)CCC1=O. The quantitative estimate of drug-likeness (QED) is 0.808. The molecule has 2 rings (SSSR count). The van der Waals surface area contributed by atoms with Gasteiger partial charge < -0.3 is 10.1 Å². The molecule has 6 heteroatoms. The lowest BCUT2D eigenvalue weighted by molar-refractivity contribution is -0.130. The summed E-state index contributed by atoms with van der Waals surface area (Å²) in [6, 6.07) is 9.39. The van der Waals surface area contributed by atoms with Crippen molar-refractivity contribution in [1.82, 2.24) is 10.3 Å². The van der Waals surface area contributed by atoms with Crippen molar-refractivity contribution in [1.29, 1.82) is 0 Å². The Morgan fingerprint density at radius 1 is 1.35 bits per heavy atom. The van der Waals surface area contributed by atoms with Crippen molar-refractivity contribution < 1.29 is 14.3 Å². The lowest BCUT2D eigenvalue weighted by Crippen LogP contribution is -2.39. The summed E-state index contributed by atoms with van der Waals surface area (Å²) in [6.45, 7) is 0.780. The molecular weight excluding hydrogens is 258 g/mol. The average Bonchev–Trinajstić information content (AvgIpc) is 2.47. The van der Waals surface area contributed by atoms with Crippen molar-refractivity contribution in [3.05, 3.63) is 30.3 Å². The van der Waals surface area contributed by atoms with Crippen molar-refractivity contribution >= 4 is 17.5 Å². The highest BCUT2D eigenvalue weighted by atomic mass is 16.5. The average molecular weight is 275 g/mol. The number of ether oxygens (including phenoxy) is 1. The monoisotopic (exact) mass is 275 g/mol. The fraction of sp³-hybridized carbons (Fsp3) is 0.357. The molecule has 0 saturated heterocycles. The number of para-hydroxylation sites is 1. The number of carbonyl (C=O) groups excluding carboxylic acids is 2. The Morgan fingerprint density at radius 2 is 2.10 bits per heavy atom. The maximum absolute atomic E-state index is 11.8. The first-order valence-electron chi connectivity index (χ1n) is 6.47. The van der Waals surface area contributed by atoms with Gasteiger partial charge in [-0.15, -0.1) is 0 Å². The number of carbonyl (C=O) groups is 2. The Bertz CT molecular complexity index is 514. The second kappa shape index (κ2) is 6.70. The minimum Gasteiger partial charge on any atom is -0.492 e. The largest absolute Gasteiger partial charge is 0.492 e. The maximum Gasteiger partial charge on any atom is 0.267 e. The third-order valence-electron chi connectivity index (χ3n) is 2.87. The zero-order valence-electron chi connectivity index (χ0n) is 11.3. The van der Waals surface area contributed by atoms with Gasteiger partial charge in [0.1, 0.15) is 18.1 Å². The first-order chi connectivity index (χ1) is 9.66. The standard InChI is InChI=1S/C14H17N3O3/c1-17-13(18)8-7-12(16-17)14(19)15-9-10-20-11-5-3-2-4-6-11/h2-6H,7-10H2,1H3,(H,15,19). The number of hydrogen-bond acceptors (Lipinski definition) is 4. The van der Waals surface area contributed by atoms with Crippen LogP contribution in [-0.2, 0) is 9.59 Å². The van der Waals surface area contributed by atoms with Crippen LogP contribution >= 0.6 is 0 Å². The molecule has 0 saturated carbocycles. The van der Waals surface area contributed by atoms with Gasteiger partial charge in [-0.25, -0.2) is 5.01 Å². The number of hydrogen-bond donors (Lipinski definition) is 1.